The number of aliphatic imine (C=N–C) groups is 1. The van der Waals surface area contributed by atoms with E-state index in [4.69, 9.17) is 9.47 Å². The molecule has 31 heavy (non-hydrogen) atoms. The lowest BCUT2D eigenvalue weighted by Gasteiger charge is -2.36. The molecule has 172 valence electrons. The third-order valence-electron chi connectivity index (χ3n) is 6.37. The Bertz CT molecular complexity index is 714. The fourth-order valence-electron chi connectivity index (χ4n) is 4.53. The van der Waals surface area contributed by atoms with Crippen molar-refractivity contribution < 1.29 is 14.3 Å². The second-order valence-corrected chi connectivity index (χ2v) is 8.53. The molecule has 0 radical (unpaired) electrons. The Morgan fingerprint density at radius 2 is 1.90 bits per heavy atom. The number of guanidine groups is 1. The topological polar surface area (TPSA) is 66.4 Å². The van der Waals surface area contributed by atoms with Crippen LogP contribution in [0.1, 0.15) is 38.2 Å². The lowest BCUT2D eigenvalue weighted by Crippen LogP contribution is -2.49. The Hall–Kier alpha value is -2.28. The number of nitrogens with zero attached hydrogens (tertiary/aromatic N) is 3. The van der Waals surface area contributed by atoms with Gasteiger partial charge in [-0.2, -0.15) is 0 Å². The number of hydrogen-bond acceptors (Lipinski definition) is 5. The van der Waals surface area contributed by atoms with Crippen molar-refractivity contribution in [2.45, 2.75) is 39.2 Å². The predicted molar refractivity (Wildman–Crippen MR) is 123 cm³/mol. The Balaban J connectivity index is 1.41. The van der Waals surface area contributed by atoms with Crippen LogP contribution in [0, 0.1) is 11.8 Å². The summed E-state index contributed by atoms with van der Waals surface area (Å²) < 4.78 is 10.5. The summed E-state index contributed by atoms with van der Waals surface area (Å²) in [4.78, 5) is 21.4. The van der Waals surface area contributed by atoms with E-state index in [9.17, 15) is 4.79 Å². The Kier molecular flexibility index (Phi) is 9.00. The summed E-state index contributed by atoms with van der Waals surface area (Å²) in [5.74, 6) is 2.34. The van der Waals surface area contributed by atoms with E-state index in [1.165, 1.54) is 18.4 Å². The second kappa shape index (κ2) is 11.9. The van der Waals surface area contributed by atoms with Crippen LogP contribution in [0.4, 0.5) is 0 Å². The number of piperidine rings is 2. The minimum absolute atomic E-state index is 0.0477. The molecule has 2 aliphatic heterocycles. The molecule has 2 heterocycles. The monoisotopic (exact) mass is 430 g/mol. The number of nitrogens with one attached hydrogen (secondary N) is 1. The summed E-state index contributed by atoms with van der Waals surface area (Å²) in [6.07, 6.45) is 4.27. The molecule has 2 saturated heterocycles. The van der Waals surface area contributed by atoms with E-state index in [0.717, 1.165) is 57.3 Å². The minimum Gasteiger partial charge on any atom is -0.497 e. The molecule has 0 spiro atoms. The number of methoxy groups -OCH3 is 1. The highest BCUT2D eigenvalue weighted by atomic mass is 16.5. The van der Waals surface area contributed by atoms with Gasteiger partial charge in [-0.05, 0) is 69.3 Å². The van der Waals surface area contributed by atoms with Crippen LogP contribution in [0.5, 0.6) is 5.75 Å². The fraction of sp³-hybridized carbons (Fsp3) is 0.667. The summed E-state index contributed by atoms with van der Waals surface area (Å²) in [6, 6.07) is 8.37. The van der Waals surface area contributed by atoms with Gasteiger partial charge in [0.05, 0.1) is 19.6 Å². The highest BCUT2D eigenvalue weighted by Gasteiger charge is 2.29. The summed E-state index contributed by atoms with van der Waals surface area (Å²) >= 11 is 0. The minimum atomic E-state index is -0.0770. The molecule has 2 fully saturated rings. The molecular formula is C24H38N4O3. The van der Waals surface area contributed by atoms with Gasteiger partial charge in [0.1, 0.15) is 5.75 Å². The average molecular weight is 431 g/mol. The van der Waals surface area contributed by atoms with Gasteiger partial charge in [0.15, 0.2) is 5.96 Å². The van der Waals surface area contributed by atoms with Crippen molar-refractivity contribution in [3.63, 3.8) is 0 Å². The molecule has 0 aromatic heterocycles. The van der Waals surface area contributed by atoms with E-state index in [1.807, 2.05) is 26.1 Å². The number of esters is 1. The van der Waals surface area contributed by atoms with Crippen LogP contribution >= 0.6 is 0 Å². The standard InChI is InChI=1S/C24H38N4O3/c1-4-31-23(29)21-6-5-13-28(18-21)24(25-2)26-16-19-11-14-27(15-12-19)17-20-7-9-22(30-3)10-8-20/h7-10,19,21H,4-6,11-18H2,1-3H3,(H,25,26). The van der Waals surface area contributed by atoms with Crippen molar-refractivity contribution in [2.24, 2.45) is 16.8 Å². The molecule has 0 saturated carbocycles. The van der Waals surface area contributed by atoms with Crippen LogP contribution in [0.25, 0.3) is 0 Å². The van der Waals surface area contributed by atoms with Gasteiger partial charge in [0.2, 0.25) is 0 Å². The molecule has 2 aliphatic rings. The molecule has 0 amide bonds. The van der Waals surface area contributed by atoms with Crippen molar-refractivity contribution in [1.29, 1.82) is 0 Å². The first-order valence-electron chi connectivity index (χ1n) is 11.6. The SMILES string of the molecule is CCOC(=O)C1CCCN(C(=NC)NCC2CCN(Cc3ccc(OC)cc3)CC2)C1. The summed E-state index contributed by atoms with van der Waals surface area (Å²) in [5.41, 5.74) is 1.33. The lowest BCUT2D eigenvalue weighted by molar-refractivity contribution is -0.149. The molecular weight excluding hydrogens is 392 g/mol. The normalized spacial score (nSPS) is 21.1. The van der Waals surface area contributed by atoms with Crippen molar-refractivity contribution in [2.75, 3.05) is 53.5 Å². The van der Waals surface area contributed by atoms with Crippen molar-refractivity contribution in [3.8, 4) is 5.75 Å². The number of hydrogen-bond donors (Lipinski definition) is 1. The molecule has 7 nitrogen and oxygen atoms in total. The van der Waals surface area contributed by atoms with Crippen LogP contribution in [-0.4, -0.2) is 75.2 Å². The van der Waals surface area contributed by atoms with Crippen LogP contribution in [0.3, 0.4) is 0 Å². The number of carbonyl (C=O) groups excluding carboxylic acids is 1. The number of carbonyl (C=O) groups is 1. The van der Waals surface area contributed by atoms with E-state index >= 15 is 0 Å². The Morgan fingerprint density at radius 1 is 1.16 bits per heavy atom. The van der Waals surface area contributed by atoms with Gasteiger partial charge in [0, 0.05) is 33.2 Å². The van der Waals surface area contributed by atoms with Crippen molar-refractivity contribution in [3.05, 3.63) is 29.8 Å². The zero-order valence-corrected chi connectivity index (χ0v) is 19.3. The molecule has 1 unspecified atom stereocenters. The quantitative estimate of drug-likeness (QED) is 0.408. The highest BCUT2D eigenvalue weighted by Crippen LogP contribution is 2.21. The first kappa shape index (κ1) is 23.4. The number of likely N-dealkylation sites (tertiary alicyclic amines) is 2. The average Bonchev–Trinajstić information content (AvgIpc) is 2.81. The van der Waals surface area contributed by atoms with Gasteiger partial charge in [-0.15, -0.1) is 0 Å². The van der Waals surface area contributed by atoms with Gasteiger partial charge in [0.25, 0.3) is 0 Å². The van der Waals surface area contributed by atoms with Gasteiger partial charge in [-0.25, -0.2) is 0 Å². The molecule has 1 atom stereocenters. The molecule has 1 aromatic carbocycles. The molecule has 3 rings (SSSR count). The third kappa shape index (κ3) is 6.86. The highest BCUT2D eigenvalue weighted by molar-refractivity contribution is 5.81. The van der Waals surface area contributed by atoms with E-state index in [1.54, 1.807) is 7.11 Å². The van der Waals surface area contributed by atoms with Crippen LogP contribution in [0.2, 0.25) is 0 Å². The summed E-state index contributed by atoms with van der Waals surface area (Å²) in [7, 11) is 3.53. The van der Waals surface area contributed by atoms with Gasteiger partial charge < -0.3 is 19.7 Å². The maximum Gasteiger partial charge on any atom is 0.310 e. The van der Waals surface area contributed by atoms with Gasteiger partial charge in [-0.3, -0.25) is 14.7 Å². The molecule has 0 aliphatic carbocycles. The van der Waals surface area contributed by atoms with Crippen molar-refractivity contribution >= 4 is 11.9 Å². The first-order chi connectivity index (χ1) is 15.1. The molecule has 1 N–H and O–H groups in total. The fourth-order valence-corrected chi connectivity index (χ4v) is 4.53. The second-order valence-electron chi connectivity index (χ2n) is 8.53. The molecule has 1 aromatic rings. The van der Waals surface area contributed by atoms with Gasteiger partial charge in [-0.1, -0.05) is 12.1 Å². The van der Waals surface area contributed by atoms with Crippen LogP contribution in [0.15, 0.2) is 29.3 Å². The zero-order chi connectivity index (χ0) is 22.1. The number of rotatable bonds is 7. The maximum absolute atomic E-state index is 12.1. The predicted octanol–water partition coefficient (Wildman–Crippen LogP) is 2.76. The summed E-state index contributed by atoms with van der Waals surface area (Å²) in [6.45, 7) is 8.10. The largest absolute Gasteiger partial charge is 0.497 e. The smallest absolute Gasteiger partial charge is 0.310 e. The Morgan fingerprint density at radius 3 is 2.55 bits per heavy atom. The lowest BCUT2D eigenvalue weighted by atomic mass is 9.96. The van der Waals surface area contributed by atoms with Gasteiger partial charge >= 0.3 is 5.97 Å². The van der Waals surface area contributed by atoms with E-state index in [2.05, 4.69) is 32.2 Å². The van der Waals surface area contributed by atoms with E-state index in [0.29, 0.717) is 19.1 Å². The maximum atomic E-state index is 12.1. The van der Waals surface area contributed by atoms with Crippen LogP contribution < -0.4 is 10.1 Å². The number of ether oxygens (including phenoxy) is 2. The first-order valence-corrected chi connectivity index (χ1v) is 11.6. The molecule has 7 heteroatoms. The van der Waals surface area contributed by atoms with Crippen molar-refractivity contribution in [1.82, 2.24) is 15.1 Å². The summed E-state index contributed by atoms with van der Waals surface area (Å²) in [5, 5.41) is 3.57. The zero-order valence-electron chi connectivity index (χ0n) is 19.3. The third-order valence-corrected chi connectivity index (χ3v) is 6.37. The van der Waals surface area contributed by atoms with Crippen LogP contribution in [-0.2, 0) is 16.1 Å². The van der Waals surface area contributed by atoms with E-state index < -0.39 is 0 Å². The number of benzene rings is 1. The Labute approximate surface area is 186 Å². The molecule has 0 bridgehead atoms. The van der Waals surface area contributed by atoms with E-state index in [-0.39, 0.29) is 11.9 Å².